The van der Waals surface area contributed by atoms with Crippen LogP contribution in [0, 0.1) is 12.7 Å². The number of aromatic nitrogens is 1. The molecule has 3 N–H and O–H groups in total. The van der Waals surface area contributed by atoms with E-state index < -0.39 is 11.7 Å². The molecular formula is C15H12FN3OS. The Balaban J connectivity index is 1.95. The number of nitrogens with two attached hydrogens (primary N) is 1. The average Bonchev–Trinajstić information content (AvgIpc) is 2.80. The number of aryl methyl sites for hydroxylation is 1. The number of amides is 1. The van der Waals surface area contributed by atoms with Gasteiger partial charge in [0, 0.05) is 5.69 Å². The highest BCUT2D eigenvalue weighted by Gasteiger charge is 2.12. The van der Waals surface area contributed by atoms with Crippen LogP contribution in [0.25, 0.3) is 10.2 Å². The largest absolute Gasteiger partial charge is 0.375 e. The van der Waals surface area contributed by atoms with Crippen LogP contribution in [0.15, 0.2) is 36.4 Å². The fraction of sp³-hybridized carbons (Fsp3) is 0.0667. The van der Waals surface area contributed by atoms with Crippen LogP contribution >= 0.6 is 11.3 Å². The Bertz CT molecular complexity index is 844. The minimum absolute atomic E-state index is 0.0130. The molecule has 3 aromatic rings. The molecule has 1 aromatic heterocycles. The smallest absolute Gasteiger partial charge is 0.258 e. The van der Waals surface area contributed by atoms with Gasteiger partial charge in [-0.1, -0.05) is 23.5 Å². The molecular weight excluding hydrogens is 289 g/mol. The third-order valence-corrected chi connectivity index (χ3v) is 3.91. The van der Waals surface area contributed by atoms with Gasteiger partial charge in [0.2, 0.25) is 0 Å². The molecule has 0 atom stereocenters. The SMILES string of the molecule is Cc1cc(NC(=O)c2ccccc2F)cc2sc(N)nc12. The molecule has 1 amide bonds. The van der Waals surface area contributed by atoms with Crippen LogP contribution in [0.5, 0.6) is 0 Å². The van der Waals surface area contributed by atoms with Gasteiger partial charge < -0.3 is 11.1 Å². The van der Waals surface area contributed by atoms with Crippen LogP contribution in [-0.2, 0) is 0 Å². The summed E-state index contributed by atoms with van der Waals surface area (Å²) in [7, 11) is 0. The average molecular weight is 301 g/mol. The standard InChI is InChI=1S/C15H12FN3OS/c1-8-6-9(7-12-13(8)19-15(17)21-12)18-14(20)10-4-2-3-5-11(10)16/h2-7H,1H3,(H2,17,19)(H,18,20). The third-order valence-electron chi connectivity index (χ3n) is 3.08. The van der Waals surface area contributed by atoms with Crippen molar-refractivity contribution in [3.63, 3.8) is 0 Å². The van der Waals surface area contributed by atoms with E-state index in [-0.39, 0.29) is 5.56 Å². The van der Waals surface area contributed by atoms with Crippen LogP contribution in [0.4, 0.5) is 15.2 Å². The summed E-state index contributed by atoms with van der Waals surface area (Å²) in [6, 6.07) is 9.45. The van der Waals surface area contributed by atoms with Crippen LogP contribution in [0.2, 0.25) is 0 Å². The maximum Gasteiger partial charge on any atom is 0.258 e. The lowest BCUT2D eigenvalue weighted by molar-refractivity contribution is 0.102. The molecule has 6 heteroatoms. The number of nitrogen functional groups attached to an aromatic ring is 1. The zero-order valence-electron chi connectivity index (χ0n) is 11.2. The molecule has 0 radical (unpaired) electrons. The van der Waals surface area contributed by atoms with Gasteiger partial charge in [-0.05, 0) is 36.8 Å². The molecule has 106 valence electrons. The summed E-state index contributed by atoms with van der Waals surface area (Å²) in [5.74, 6) is -1.03. The zero-order chi connectivity index (χ0) is 15.0. The fourth-order valence-electron chi connectivity index (χ4n) is 2.13. The van der Waals surface area contributed by atoms with Gasteiger partial charge in [-0.2, -0.15) is 0 Å². The normalized spacial score (nSPS) is 10.8. The molecule has 0 aliphatic rings. The highest BCUT2D eigenvalue weighted by Crippen LogP contribution is 2.29. The Kier molecular flexibility index (Phi) is 3.31. The second kappa shape index (κ2) is 5.14. The van der Waals surface area contributed by atoms with Crippen molar-refractivity contribution in [2.45, 2.75) is 6.92 Å². The van der Waals surface area contributed by atoms with Crippen molar-refractivity contribution in [2.24, 2.45) is 0 Å². The van der Waals surface area contributed by atoms with Crippen molar-refractivity contribution in [1.29, 1.82) is 0 Å². The van der Waals surface area contributed by atoms with Gasteiger partial charge >= 0.3 is 0 Å². The van der Waals surface area contributed by atoms with Gasteiger partial charge in [-0.15, -0.1) is 0 Å². The number of hydrogen-bond acceptors (Lipinski definition) is 4. The molecule has 0 saturated heterocycles. The van der Waals surface area contributed by atoms with Crippen LogP contribution < -0.4 is 11.1 Å². The number of nitrogens with one attached hydrogen (secondary N) is 1. The lowest BCUT2D eigenvalue weighted by Gasteiger charge is -2.07. The molecule has 1 heterocycles. The molecule has 3 rings (SSSR count). The van der Waals surface area contributed by atoms with E-state index in [1.54, 1.807) is 24.3 Å². The zero-order valence-corrected chi connectivity index (χ0v) is 12.0. The molecule has 0 fully saturated rings. The number of carbonyl (C=O) groups is 1. The van der Waals surface area contributed by atoms with E-state index in [1.165, 1.54) is 23.5 Å². The minimum Gasteiger partial charge on any atom is -0.375 e. The summed E-state index contributed by atoms with van der Waals surface area (Å²) in [5.41, 5.74) is 8.03. The summed E-state index contributed by atoms with van der Waals surface area (Å²) < 4.78 is 14.5. The maximum atomic E-state index is 13.6. The summed E-state index contributed by atoms with van der Waals surface area (Å²) in [6.07, 6.45) is 0. The van der Waals surface area contributed by atoms with E-state index in [4.69, 9.17) is 5.73 Å². The van der Waals surface area contributed by atoms with E-state index in [1.807, 2.05) is 6.92 Å². The molecule has 0 spiro atoms. The molecule has 0 bridgehead atoms. The van der Waals surface area contributed by atoms with Crippen molar-refractivity contribution in [1.82, 2.24) is 4.98 Å². The second-order valence-electron chi connectivity index (χ2n) is 4.63. The van der Waals surface area contributed by atoms with E-state index in [9.17, 15) is 9.18 Å². The molecule has 2 aromatic carbocycles. The Hall–Kier alpha value is -2.47. The number of thiazole rings is 1. The maximum absolute atomic E-state index is 13.6. The lowest BCUT2D eigenvalue weighted by Crippen LogP contribution is -2.13. The molecule has 0 unspecified atom stereocenters. The minimum atomic E-state index is -0.546. The Labute approximate surface area is 124 Å². The first kappa shape index (κ1) is 13.5. The number of halogens is 1. The molecule has 0 saturated carbocycles. The highest BCUT2D eigenvalue weighted by molar-refractivity contribution is 7.22. The molecule has 21 heavy (non-hydrogen) atoms. The Morgan fingerprint density at radius 2 is 2.10 bits per heavy atom. The number of carbonyl (C=O) groups excluding carboxylic acids is 1. The van der Waals surface area contributed by atoms with Crippen molar-refractivity contribution < 1.29 is 9.18 Å². The summed E-state index contributed by atoms with van der Waals surface area (Å²) in [5, 5.41) is 3.18. The van der Waals surface area contributed by atoms with Gasteiger partial charge in [0.1, 0.15) is 5.82 Å². The molecule has 0 aliphatic carbocycles. The van der Waals surface area contributed by atoms with Crippen molar-refractivity contribution in [3.05, 3.63) is 53.3 Å². The van der Waals surface area contributed by atoms with Gasteiger partial charge in [-0.3, -0.25) is 4.79 Å². The molecule has 0 aliphatic heterocycles. The third kappa shape index (κ3) is 2.57. The lowest BCUT2D eigenvalue weighted by atomic mass is 10.1. The first-order valence-corrected chi connectivity index (χ1v) is 7.09. The van der Waals surface area contributed by atoms with E-state index >= 15 is 0 Å². The van der Waals surface area contributed by atoms with Crippen LogP contribution in [-0.4, -0.2) is 10.9 Å². The first-order chi connectivity index (χ1) is 10.0. The fourth-order valence-corrected chi connectivity index (χ4v) is 2.98. The van der Waals surface area contributed by atoms with Gasteiger partial charge in [0.25, 0.3) is 5.91 Å². The Morgan fingerprint density at radius 1 is 1.33 bits per heavy atom. The van der Waals surface area contributed by atoms with Gasteiger partial charge in [0.05, 0.1) is 15.8 Å². The van der Waals surface area contributed by atoms with E-state index in [0.717, 1.165) is 15.8 Å². The predicted molar refractivity (Wildman–Crippen MR) is 83.1 cm³/mol. The van der Waals surface area contributed by atoms with Crippen LogP contribution in [0.1, 0.15) is 15.9 Å². The number of benzene rings is 2. The van der Waals surface area contributed by atoms with Crippen molar-refractivity contribution in [3.8, 4) is 0 Å². The van der Waals surface area contributed by atoms with Crippen molar-refractivity contribution >= 4 is 38.3 Å². The Morgan fingerprint density at radius 3 is 2.86 bits per heavy atom. The summed E-state index contributed by atoms with van der Waals surface area (Å²) >= 11 is 1.35. The van der Waals surface area contributed by atoms with E-state index in [0.29, 0.717) is 10.8 Å². The van der Waals surface area contributed by atoms with Gasteiger partial charge in [-0.25, -0.2) is 9.37 Å². The van der Waals surface area contributed by atoms with Crippen LogP contribution in [0.3, 0.4) is 0 Å². The highest BCUT2D eigenvalue weighted by atomic mass is 32.1. The predicted octanol–water partition coefficient (Wildman–Crippen LogP) is 3.58. The summed E-state index contributed by atoms with van der Waals surface area (Å²) in [6.45, 7) is 1.89. The second-order valence-corrected chi connectivity index (χ2v) is 5.69. The summed E-state index contributed by atoms with van der Waals surface area (Å²) in [4.78, 5) is 16.3. The number of anilines is 2. The number of nitrogens with zero attached hydrogens (tertiary/aromatic N) is 1. The number of hydrogen-bond donors (Lipinski definition) is 2. The van der Waals surface area contributed by atoms with Gasteiger partial charge in [0.15, 0.2) is 5.13 Å². The number of rotatable bonds is 2. The topological polar surface area (TPSA) is 68.0 Å². The monoisotopic (exact) mass is 301 g/mol. The van der Waals surface area contributed by atoms with Crippen molar-refractivity contribution in [2.75, 3.05) is 11.1 Å². The number of fused-ring (bicyclic) bond motifs is 1. The first-order valence-electron chi connectivity index (χ1n) is 6.27. The quantitative estimate of drug-likeness (QED) is 0.760. The van der Waals surface area contributed by atoms with E-state index in [2.05, 4.69) is 10.3 Å². The molecule has 4 nitrogen and oxygen atoms in total.